The number of nitrogens with zero attached hydrogens (tertiary/aromatic N) is 2. The fourth-order valence-corrected chi connectivity index (χ4v) is 5.35. The monoisotopic (exact) mass is 511 g/mol. The number of sulfone groups is 1. The summed E-state index contributed by atoms with van der Waals surface area (Å²) in [5.74, 6) is 2.88. The van der Waals surface area contributed by atoms with Gasteiger partial charge in [-0.25, -0.2) is 13.4 Å². The standard InChI is InChI=1S/C26H20F3N3O3S/c1-3-13-32(16-18-9-11-23-21(14-18)25(33)31-17(2)30-23)19-10-12-24(22(15-19)26(27,28)29)36(34,35)20-7-5-4-6-8-20/h1,4-12,14-15H,13,16H2,2H3,(H,30,31,33). The lowest BCUT2D eigenvalue weighted by Gasteiger charge is -2.25. The van der Waals surface area contributed by atoms with Crippen LogP contribution in [0.4, 0.5) is 18.9 Å². The molecule has 3 aromatic carbocycles. The maximum absolute atomic E-state index is 14.0. The third kappa shape index (κ3) is 4.97. The fourth-order valence-electron chi connectivity index (χ4n) is 3.87. The maximum Gasteiger partial charge on any atom is 0.417 e. The van der Waals surface area contributed by atoms with Gasteiger partial charge in [0.15, 0.2) is 0 Å². The first-order valence-electron chi connectivity index (χ1n) is 10.7. The van der Waals surface area contributed by atoms with E-state index < -0.39 is 26.5 Å². The summed E-state index contributed by atoms with van der Waals surface area (Å²) in [7, 11) is -4.42. The number of hydrogen-bond donors (Lipinski definition) is 1. The Morgan fingerprint density at radius 1 is 1.06 bits per heavy atom. The minimum absolute atomic E-state index is 0.0530. The van der Waals surface area contributed by atoms with Crippen molar-refractivity contribution in [2.45, 2.75) is 29.4 Å². The van der Waals surface area contributed by atoms with Crippen LogP contribution < -0.4 is 10.5 Å². The van der Waals surface area contributed by atoms with Crippen LogP contribution in [-0.2, 0) is 22.6 Å². The van der Waals surface area contributed by atoms with Gasteiger partial charge < -0.3 is 9.88 Å². The molecule has 0 fully saturated rings. The van der Waals surface area contributed by atoms with Gasteiger partial charge in [0.1, 0.15) is 5.82 Å². The Morgan fingerprint density at radius 3 is 2.44 bits per heavy atom. The molecule has 0 saturated heterocycles. The molecule has 4 rings (SSSR count). The van der Waals surface area contributed by atoms with Crippen molar-refractivity contribution < 1.29 is 21.6 Å². The molecule has 0 spiro atoms. The van der Waals surface area contributed by atoms with Gasteiger partial charge in [-0.05, 0) is 55.0 Å². The first kappa shape index (κ1) is 25.0. The molecule has 36 heavy (non-hydrogen) atoms. The van der Waals surface area contributed by atoms with Gasteiger partial charge >= 0.3 is 6.18 Å². The van der Waals surface area contributed by atoms with Gasteiger partial charge in [-0.15, -0.1) is 6.42 Å². The van der Waals surface area contributed by atoms with E-state index in [-0.39, 0.29) is 29.2 Å². The van der Waals surface area contributed by atoms with Crippen LogP contribution in [0, 0.1) is 19.3 Å². The van der Waals surface area contributed by atoms with E-state index in [1.807, 2.05) is 0 Å². The van der Waals surface area contributed by atoms with Crippen molar-refractivity contribution in [3.8, 4) is 12.3 Å². The molecule has 0 aliphatic heterocycles. The lowest BCUT2D eigenvalue weighted by Crippen LogP contribution is -2.24. The molecule has 1 aromatic heterocycles. The van der Waals surface area contributed by atoms with Gasteiger partial charge in [-0.1, -0.05) is 30.2 Å². The first-order chi connectivity index (χ1) is 17.0. The van der Waals surface area contributed by atoms with Gasteiger partial charge in [0.05, 0.1) is 32.8 Å². The summed E-state index contributed by atoms with van der Waals surface area (Å²) in [4.78, 5) is 19.6. The minimum Gasteiger partial charge on any atom is -0.356 e. The molecule has 4 aromatic rings. The first-order valence-corrected chi connectivity index (χ1v) is 12.2. The quantitative estimate of drug-likeness (QED) is 0.379. The van der Waals surface area contributed by atoms with E-state index in [2.05, 4.69) is 15.9 Å². The fraction of sp³-hybridized carbons (Fsp3) is 0.154. The highest BCUT2D eigenvalue weighted by molar-refractivity contribution is 7.91. The van der Waals surface area contributed by atoms with Gasteiger partial charge in [0.2, 0.25) is 9.84 Å². The Morgan fingerprint density at radius 2 is 1.78 bits per heavy atom. The van der Waals surface area contributed by atoms with E-state index in [9.17, 15) is 26.4 Å². The molecule has 184 valence electrons. The number of halogens is 3. The largest absolute Gasteiger partial charge is 0.417 e. The average molecular weight is 512 g/mol. The third-order valence-corrected chi connectivity index (χ3v) is 7.35. The number of H-pyrrole nitrogens is 1. The molecule has 0 aliphatic carbocycles. The van der Waals surface area contributed by atoms with Crippen LogP contribution in [0.2, 0.25) is 0 Å². The zero-order valence-electron chi connectivity index (χ0n) is 19.0. The summed E-state index contributed by atoms with van der Waals surface area (Å²) in [5, 5.41) is 0.332. The summed E-state index contributed by atoms with van der Waals surface area (Å²) < 4.78 is 68.1. The van der Waals surface area contributed by atoms with Crippen LogP contribution >= 0.6 is 0 Å². The van der Waals surface area contributed by atoms with E-state index in [0.29, 0.717) is 22.3 Å². The van der Waals surface area contributed by atoms with Gasteiger partial charge in [0, 0.05) is 12.2 Å². The number of fused-ring (bicyclic) bond motifs is 1. The van der Waals surface area contributed by atoms with Crippen molar-refractivity contribution in [2.75, 3.05) is 11.4 Å². The van der Waals surface area contributed by atoms with Crippen molar-refractivity contribution in [3.63, 3.8) is 0 Å². The molecule has 6 nitrogen and oxygen atoms in total. The number of aryl methyl sites for hydroxylation is 1. The van der Waals surface area contributed by atoms with E-state index in [1.54, 1.807) is 31.2 Å². The molecule has 0 aliphatic rings. The SMILES string of the molecule is C#CCN(Cc1ccc2nc(C)[nH]c(=O)c2c1)c1ccc(S(=O)(=O)c2ccccc2)c(C(F)(F)F)c1. The van der Waals surface area contributed by atoms with Gasteiger partial charge in [0.25, 0.3) is 5.56 Å². The molecule has 0 saturated carbocycles. The lowest BCUT2D eigenvalue weighted by atomic mass is 10.1. The van der Waals surface area contributed by atoms with E-state index in [4.69, 9.17) is 6.42 Å². The Kier molecular flexibility index (Phi) is 6.61. The zero-order chi connectivity index (χ0) is 26.1. The van der Waals surface area contributed by atoms with Crippen molar-refractivity contribution in [2.24, 2.45) is 0 Å². The smallest absolute Gasteiger partial charge is 0.356 e. The minimum atomic E-state index is -4.94. The van der Waals surface area contributed by atoms with Crippen LogP contribution in [0.25, 0.3) is 10.9 Å². The van der Waals surface area contributed by atoms with Gasteiger partial charge in [-0.2, -0.15) is 13.2 Å². The molecule has 10 heteroatoms. The van der Waals surface area contributed by atoms with Crippen molar-refractivity contribution in [1.29, 1.82) is 0 Å². The lowest BCUT2D eigenvalue weighted by molar-refractivity contribution is -0.139. The summed E-state index contributed by atoms with van der Waals surface area (Å²) in [5.41, 5.74) is -0.441. The second-order valence-corrected chi connectivity index (χ2v) is 9.98. The zero-order valence-corrected chi connectivity index (χ0v) is 19.8. The van der Waals surface area contributed by atoms with Crippen molar-refractivity contribution >= 4 is 26.4 Å². The van der Waals surface area contributed by atoms with Crippen LogP contribution in [0.5, 0.6) is 0 Å². The molecule has 0 amide bonds. The summed E-state index contributed by atoms with van der Waals surface area (Å²) in [6.45, 7) is 1.68. The molecule has 1 N–H and O–H groups in total. The topological polar surface area (TPSA) is 83.1 Å². The number of terminal acetylenes is 1. The Labute approximate surface area is 205 Å². The highest BCUT2D eigenvalue weighted by atomic mass is 32.2. The second-order valence-electron chi connectivity index (χ2n) is 8.06. The molecule has 0 atom stereocenters. The number of aromatic amines is 1. The van der Waals surface area contributed by atoms with Crippen LogP contribution in [0.3, 0.4) is 0 Å². The highest BCUT2D eigenvalue weighted by Gasteiger charge is 2.38. The van der Waals surface area contributed by atoms with E-state index >= 15 is 0 Å². The number of alkyl halides is 3. The molecular weight excluding hydrogens is 491 g/mol. The molecule has 1 heterocycles. The maximum atomic E-state index is 14.0. The molecule has 0 unspecified atom stereocenters. The van der Waals surface area contributed by atoms with E-state index in [1.165, 1.54) is 35.2 Å². The number of aromatic nitrogens is 2. The summed E-state index contributed by atoms with van der Waals surface area (Å²) >= 11 is 0. The average Bonchev–Trinajstić information content (AvgIpc) is 2.83. The van der Waals surface area contributed by atoms with Gasteiger partial charge in [-0.3, -0.25) is 4.79 Å². The number of rotatable bonds is 6. The third-order valence-electron chi connectivity index (χ3n) is 5.52. The molecular formula is C26H20F3N3O3S. The van der Waals surface area contributed by atoms with Crippen LogP contribution in [0.15, 0.2) is 81.3 Å². The predicted octanol–water partition coefficient (Wildman–Crippen LogP) is 4.72. The Bertz CT molecular complexity index is 1640. The second kappa shape index (κ2) is 9.51. The number of anilines is 1. The van der Waals surface area contributed by atoms with Crippen molar-refractivity contribution in [3.05, 3.63) is 94.0 Å². The van der Waals surface area contributed by atoms with Crippen molar-refractivity contribution in [1.82, 2.24) is 9.97 Å². The van der Waals surface area contributed by atoms with Crippen LogP contribution in [0.1, 0.15) is 17.0 Å². The van der Waals surface area contributed by atoms with E-state index in [0.717, 1.165) is 12.1 Å². The number of benzene rings is 3. The number of nitrogens with one attached hydrogen (secondary N) is 1. The van der Waals surface area contributed by atoms with Crippen LogP contribution in [-0.4, -0.2) is 24.9 Å². The Hall–Kier alpha value is -4.10. The molecule has 0 bridgehead atoms. The Balaban J connectivity index is 1.78. The number of hydrogen-bond acceptors (Lipinski definition) is 5. The highest BCUT2D eigenvalue weighted by Crippen LogP contribution is 2.39. The normalized spacial score (nSPS) is 11.9. The molecule has 0 radical (unpaired) electrons. The summed E-state index contributed by atoms with van der Waals surface area (Å²) in [6, 6.07) is 14.9. The predicted molar refractivity (Wildman–Crippen MR) is 130 cm³/mol. The summed E-state index contributed by atoms with van der Waals surface area (Å²) in [6.07, 6.45) is 0.540.